The first kappa shape index (κ1) is 26.6. The topological polar surface area (TPSA) is 98.7 Å². The molecule has 0 aliphatic heterocycles. The number of rotatable bonds is 7. The van der Waals surface area contributed by atoms with Crippen molar-refractivity contribution in [1.29, 1.82) is 0 Å². The Labute approximate surface area is 218 Å². The minimum absolute atomic E-state index is 0.0893. The van der Waals surface area contributed by atoms with Gasteiger partial charge >= 0.3 is 0 Å². The van der Waals surface area contributed by atoms with Crippen molar-refractivity contribution in [3.8, 4) is 11.1 Å². The number of fused-ring (bicyclic) bond motifs is 2. The summed E-state index contributed by atoms with van der Waals surface area (Å²) in [5, 5.41) is 3.50. The monoisotopic (exact) mass is 515 g/mol. The van der Waals surface area contributed by atoms with Crippen molar-refractivity contribution < 1.29 is 9.22 Å². The number of carbonyl (C=O) groups is 1. The number of hydrogen-bond donors (Lipinski definition) is 2. The molecule has 2 aromatic heterocycles. The zero-order valence-electron chi connectivity index (χ0n) is 22.2. The summed E-state index contributed by atoms with van der Waals surface area (Å²) >= 11 is 0. The Balaban J connectivity index is 1.56. The molecule has 2 heterocycles. The Bertz CT molecular complexity index is 1520. The summed E-state index contributed by atoms with van der Waals surface area (Å²) in [5.41, 5.74) is 9.32. The third-order valence-corrected chi connectivity index (χ3v) is 11.7. The van der Waals surface area contributed by atoms with Gasteiger partial charge in [0, 0.05) is 24.5 Å². The maximum Gasteiger partial charge on any atom is 0.265 e. The molecule has 0 aliphatic rings. The van der Waals surface area contributed by atoms with Crippen LogP contribution in [-0.2, 0) is 4.43 Å². The van der Waals surface area contributed by atoms with Crippen molar-refractivity contribution in [2.45, 2.75) is 51.4 Å². The summed E-state index contributed by atoms with van der Waals surface area (Å²) in [7, 11) is -1.94. The van der Waals surface area contributed by atoms with E-state index in [1.807, 2.05) is 36.4 Å². The Kier molecular flexibility index (Phi) is 7.26. The number of hydrogen-bond acceptors (Lipinski definition) is 5. The van der Waals surface area contributed by atoms with Gasteiger partial charge in [0.25, 0.3) is 11.5 Å². The van der Waals surface area contributed by atoms with Gasteiger partial charge in [-0.15, -0.1) is 0 Å². The van der Waals surface area contributed by atoms with Crippen molar-refractivity contribution in [2.24, 2.45) is 0 Å². The smallest absolute Gasteiger partial charge is 0.265 e. The molecule has 1 atom stereocenters. The predicted octanol–water partition coefficient (Wildman–Crippen LogP) is 5.44. The number of nitrogen functional groups attached to an aromatic ring is 1. The second kappa shape index (κ2) is 10.1. The molecule has 0 bridgehead atoms. The summed E-state index contributed by atoms with van der Waals surface area (Å²) in [6.45, 7) is 15.5. The lowest BCUT2D eigenvalue weighted by molar-refractivity contribution is 0.0949. The molecule has 4 aromatic rings. The Hall–Kier alpha value is -3.49. The van der Waals surface area contributed by atoms with Crippen LogP contribution in [0.3, 0.4) is 0 Å². The van der Waals surface area contributed by atoms with E-state index < -0.39 is 8.32 Å². The van der Waals surface area contributed by atoms with E-state index in [9.17, 15) is 9.59 Å². The highest BCUT2D eigenvalue weighted by Gasteiger charge is 2.38. The lowest BCUT2D eigenvalue weighted by atomic mass is 10.0. The van der Waals surface area contributed by atoms with Crippen molar-refractivity contribution in [2.75, 3.05) is 12.3 Å². The van der Waals surface area contributed by atoms with E-state index in [4.69, 9.17) is 10.2 Å². The molecular formula is C29H35N4O3Si. The number of amides is 1. The molecule has 0 saturated carbocycles. The molecule has 3 N–H and O–H groups in total. The van der Waals surface area contributed by atoms with Gasteiger partial charge in [-0.1, -0.05) is 39.0 Å². The predicted molar refractivity (Wildman–Crippen MR) is 153 cm³/mol. The van der Waals surface area contributed by atoms with Gasteiger partial charge in [0.05, 0.1) is 16.5 Å². The number of nitrogens with one attached hydrogen (secondary N) is 1. The molecule has 1 unspecified atom stereocenters. The average Bonchev–Trinajstić information content (AvgIpc) is 2.82. The van der Waals surface area contributed by atoms with Crippen LogP contribution in [0.15, 0.2) is 65.6 Å². The van der Waals surface area contributed by atoms with E-state index in [0.717, 1.165) is 11.1 Å². The first-order chi connectivity index (χ1) is 17.4. The van der Waals surface area contributed by atoms with Crippen LogP contribution in [-0.4, -0.2) is 36.3 Å². The second-order valence-corrected chi connectivity index (χ2v) is 15.7. The van der Waals surface area contributed by atoms with E-state index >= 15 is 0 Å². The molecule has 193 valence electrons. The first-order valence-corrected chi connectivity index (χ1v) is 15.4. The molecular weight excluding hydrogens is 480 g/mol. The van der Waals surface area contributed by atoms with Gasteiger partial charge in [-0.25, -0.2) is 4.98 Å². The van der Waals surface area contributed by atoms with E-state index in [1.165, 1.54) is 4.40 Å². The van der Waals surface area contributed by atoms with Crippen LogP contribution in [0.1, 0.15) is 37.6 Å². The molecule has 0 fully saturated rings. The Morgan fingerprint density at radius 3 is 2.57 bits per heavy atom. The number of nitrogens with zero attached hydrogens (tertiary/aromatic N) is 2. The number of nitrogens with two attached hydrogens (primary N) is 1. The lowest BCUT2D eigenvalue weighted by Gasteiger charge is -2.38. The number of benzene rings is 2. The number of pyridine rings is 1. The average molecular weight is 516 g/mol. The third-order valence-electron chi connectivity index (χ3n) is 7.12. The summed E-state index contributed by atoms with van der Waals surface area (Å²) in [5.74, 6) is -0.291. The third kappa shape index (κ3) is 5.60. The highest BCUT2D eigenvalue weighted by Crippen LogP contribution is 2.37. The molecule has 0 spiro atoms. The van der Waals surface area contributed by atoms with Gasteiger partial charge in [-0.05, 0) is 79.0 Å². The molecule has 0 aliphatic carbocycles. The van der Waals surface area contributed by atoms with Crippen LogP contribution in [0.5, 0.6) is 0 Å². The fourth-order valence-electron chi connectivity index (χ4n) is 4.00. The molecule has 1 radical (unpaired) electrons. The highest BCUT2D eigenvalue weighted by molar-refractivity contribution is 6.74. The maximum absolute atomic E-state index is 13.4. The number of aromatic nitrogens is 2. The van der Waals surface area contributed by atoms with Crippen molar-refractivity contribution in [3.63, 3.8) is 0 Å². The van der Waals surface area contributed by atoms with Gasteiger partial charge in [0.2, 0.25) is 0 Å². The molecule has 37 heavy (non-hydrogen) atoms. The molecule has 8 heteroatoms. The maximum atomic E-state index is 13.4. The molecule has 4 rings (SSSR count). The van der Waals surface area contributed by atoms with E-state index in [1.54, 1.807) is 24.4 Å². The lowest BCUT2D eigenvalue weighted by Crippen LogP contribution is -2.44. The van der Waals surface area contributed by atoms with E-state index in [0.29, 0.717) is 40.8 Å². The van der Waals surface area contributed by atoms with E-state index in [-0.39, 0.29) is 22.6 Å². The number of carbonyl (C=O) groups excluding carboxylic acids is 1. The molecule has 1 amide bonds. The normalized spacial score (nSPS) is 13.1. The highest BCUT2D eigenvalue weighted by atomic mass is 28.4. The molecule has 0 saturated heterocycles. The Morgan fingerprint density at radius 1 is 1.14 bits per heavy atom. The van der Waals surface area contributed by atoms with Crippen molar-refractivity contribution >= 4 is 36.5 Å². The minimum Gasteiger partial charge on any atom is -0.414 e. The van der Waals surface area contributed by atoms with Gasteiger partial charge < -0.3 is 15.5 Å². The van der Waals surface area contributed by atoms with Crippen LogP contribution in [0.25, 0.3) is 27.7 Å². The summed E-state index contributed by atoms with van der Waals surface area (Å²) in [6, 6.07) is 16.4. The summed E-state index contributed by atoms with van der Waals surface area (Å²) in [4.78, 5) is 31.1. The van der Waals surface area contributed by atoms with Gasteiger partial charge in [0.15, 0.2) is 14.0 Å². The quantitative estimate of drug-likeness (QED) is 0.194. The van der Waals surface area contributed by atoms with Crippen LogP contribution >= 0.6 is 0 Å². The fraction of sp³-hybridized carbons (Fsp3) is 0.310. The van der Waals surface area contributed by atoms with Crippen LogP contribution in [0.4, 0.5) is 5.69 Å². The van der Waals surface area contributed by atoms with Crippen LogP contribution < -0.4 is 16.6 Å². The summed E-state index contributed by atoms with van der Waals surface area (Å²) < 4.78 is 7.71. The number of anilines is 1. The van der Waals surface area contributed by atoms with Crippen molar-refractivity contribution in [3.05, 3.63) is 83.6 Å². The van der Waals surface area contributed by atoms with Gasteiger partial charge in [-0.2, -0.15) is 0 Å². The SMILES string of the molecule is [CH2]C(CCNC(=O)c1cccn2c(=O)c3cc(-c4cccc(N)c4)ccc3nc12)O[Si](C)(C)C(C)(C)C. The standard InChI is InChI=1S/C29H35N4O3Si/c1-19(36-37(5,6)29(2,3)4)14-15-31-27(34)23-11-8-16-33-26(23)32-25-13-12-21(18-24(25)28(33)35)20-9-7-10-22(30)17-20/h7-13,16-19H,1,14-15,30H2,2-6H3,(H,31,34). The summed E-state index contributed by atoms with van der Waals surface area (Å²) in [6.07, 6.45) is 2.01. The van der Waals surface area contributed by atoms with Crippen LogP contribution in [0.2, 0.25) is 18.1 Å². The van der Waals surface area contributed by atoms with Gasteiger partial charge in [-0.3, -0.25) is 14.0 Å². The van der Waals surface area contributed by atoms with Crippen molar-refractivity contribution in [1.82, 2.24) is 14.7 Å². The largest absolute Gasteiger partial charge is 0.414 e. The van der Waals surface area contributed by atoms with E-state index in [2.05, 4.69) is 51.1 Å². The fourth-order valence-corrected chi connectivity index (χ4v) is 5.30. The zero-order chi connectivity index (χ0) is 27.0. The Morgan fingerprint density at radius 2 is 1.86 bits per heavy atom. The molecule has 7 nitrogen and oxygen atoms in total. The minimum atomic E-state index is -1.94. The zero-order valence-corrected chi connectivity index (χ0v) is 23.2. The van der Waals surface area contributed by atoms with Gasteiger partial charge in [0.1, 0.15) is 0 Å². The van der Waals surface area contributed by atoms with Crippen LogP contribution in [0, 0.1) is 6.92 Å². The second-order valence-electron chi connectivity index (χ2n) is 10.9. The first-order valence-electron chi connectivity index (χ1n) is 12.5. The molecule has 2 aromatic carbocycles.